The SMILES string of the molecule is CC(C)[C@@H]1CCNC[C@H]1N.Cl. The third kappa shape index (κ3) is 2.97. The third-order valence-electron chi connectivity index (χ3n) is 2.44. The van der Waals surface area contributed by atoms with E-state index in [1.165, 1.54) is 6.42 Å². The maximum absolute atomic E-state index is 5.92. The Morgan fingerprint density at radius 2 is 2.09 bits per heavy atom. The van der Waals surface area contributed by atoms with Gasteiger partial charge in [-0.1, -0.05) is 13.8 Å². The van der Waals surface area contributed by atoms with Gasteiger partial charge in [0.1, 0.15) is 0 Å². The number of nitrogens with one attached hydrogen (secondary N) is 1. The van der Waals surface area contributed by atoms with E-state index >= 15 is 0 Å². The van der Waals surface area contributed by atoms with Crippen molar-refractivity contribution in [1.82, 2.24) is 5.32 Å². The van der Waals surface area contributed by atoms with E-state index in [4.69, 9.17) is 5.73 Å². The van der Waals surface area contributed by atoms with Crippen LogP contribution in [0.15, 0.2) is 0 Å². The molecule has 2 atom stereocenters. The highest BCUT2D eigenvalue weighted by Crippen LogP contribution is 2.19. The Bertz CT molecular complexity index is 106. The lowest BCUT2D eigenvalue weighted by Crippen LogP contribution is -2.47. The topological polar surface area (TPSA) is 38.0 Å². The molecule has 0 aromatic carbocycles. The highest BCUT2D eigenvalue weighted by Gasteiger charge is 2.23. The first-order valence-corrected chi connectivity index (χ1v) is 4.18. The Hall–Kier alpha value is 0.210. The van der Waals surface area contributed by atoms with E-state index in [-0.39, 0.29) is 12.4 Å². The molecule has 0 amide bonds. The molecular weight excluding hydrogens is 160 g/mol. The monoisotopic (exact) mass is 178 g/mol. The van der Waals surface area contributed by atoms with Gasteiger partial charge in [-0.15, -0.1) is 12.4 Å². The maximum Gasteiger partial charge on any atom is 0.0196 e. The molecule has 1 saturated heterocycles. The number of halogens is 1. The van der Waals surface area contributed by atoms with Gasteiger partial charge in [0.2, 0.25) is 0 Å². The van der Waals surface area contributed by atoms with Crippen LogP contribution in [0, 0.1) is 11.8 Å². The Kier molecular flexibility index (Phi) is 5.06. The quantitative estimate of drug-likeness (QED) is 0.629. The van der Waals surface area contributed by atoms with Gasteiger partial charge in [0.15, 0.2) is 0 Å². The highest BCUT2D eigenvalue weighted by molar-refractivity contribution is 5.85. The summed E-state index contributed by atoms with van der Waals surface area (Å²) in [7, 11) is 0. The first-order chi connectivity index (χ1) is 4.72. The van der Waals surface area contributed by atoms with E-state index in [0.717, 1.165) is 24.9 Å². The van der Waals surface area contributed by atoms with Crippen LogP contribution in [0.2, 0.25) is 0 Å². The molecule has 1 fully saturated rings. The minimum atomic E-state index is 0. The Balaban J connectivity index is 0.000001000. The molecule has 0 aromatic heterocycles. The number of hydrogen-bond acceptors (Lipinski definition) is 2. The van der Waals surface area contributed by atoms with Crippen molar-refractivity contribution >= 4 is 12.4 Å². The molecule has 11 heavy (non-hydrogen) atoms. The predicted octanol–water partition coefficient (Wildman–Crippen LogP) is 1.00. The van der Waals surface area contributed by atoms with Crippen molar-refractivity contribution in [3.8, 4) is 0 Å². The fourth-order valence-corrected chi connectivity index (χ4v) is 1.73. The molecule has 0 unspecified atom stereocenters. The van der Waals surface area contributed by atoms with E-state index in [2.05, 4.69) is 19.2 Å². The summed E-state index contributed by atoms with van der Waals surface area (Å²) in [5, 5.41) is 3.29. The van der Waals surface area contributed by atoms with Crippen molar-refractivity contribution in [2.45, 2.75) is 26.3 Å². The summed E-state index contributed by atoms with van der Waals surface area (Å²) < 4.78 is 0. The predicted molar refractivity (Wildman–Crippen MR) is 51.0 cm³/mol. The van der Waals surface area contributed by atoms with Gasteiger partial charge >= 0.3 is 0 Å². The van der Waals surface area contributed by atoms with Crippen molar-refractivity contribution in [3.05, 3.63) is 0 Å². The molecule has 1 aliphatic heterocycles. The standard InChI is InChI=1S/C8H18N2.ClH/c1-6(2)7-3-4-10-5-8(7)9;/h6-8,10H,3-5,9H2,1-2H3;1H/t7-,8+;/m0./s1. The molecule has 3 heteroatoms. The van der Waals surface area contributed by atoms with Crippen molar-refractivity contribution in [2.75, 3.05) is 13.1 Å². The van der Waals surface area contributed by atoms with Crippen LogP contribution >= 0.6 is 12.4 Å². The van der Waals surface area contributed by atoms with E-state index in [1.807, 2.05) is 0 Å². The van der Waals surface area contributed by atoms with Gasteiger partial charge in [0, 0.05) is 12.6 Å². The molecule has 3 N–H and O–H groups in total. The van der Waals surface area contributed by atoms with E-state index < -0.39 is 0 Å². The molecule has 1 aliphatic rings. The van der Waals surface area contributed by atoms with Crippen LogP contribution in [0.4, 0.5) is 0 Å². The molecule has 2 nitrogen and oxygen atoms in total. The zero-order valence-electron chi connectivity index (χ0n) is 7.34. The third-order valence-corrected chi connectivity index (χ3v) is 2.44. The molecule has 68 valence electrons. The Morgan fingerprint density at radius 1 is 1.45 bits per heavy atom. The second-order valence-electron chi connectivity index (χ2n) is 3.56. The van der Waals surface area contributed by atoms with Gasteiger partial charge in [0.25, 0.3) is 0 Å². The zero-order valence-corrected chi connectivity index (χ0v) is 8.16. The smallest absolute Gasteiger partial charge is 0.0196 e. The average molecular weight is 179 g/mol. The van der Waals surface area contributed by atoms with Crippen molar-refractivity contribution < 1.29 is 0 Å². The van der Waals surface area contributed by atoms with Crippen LogP contribution < -0.4 is 11.1 Å². The van der Waals surface area contributed by atoms with Crippen LogP contribution in [0.5, 0.6) is 0 Å². The van der Waals surface area contributed by atoms with Crippen LogP contribution in [-0.4, -0.2) is 19.1 Å². The van der Waals surface area contributed by atoms with Crippen LogP contribution in [0.3, 0.4) is 0 Å². The lowest BCUT2D eigenvalue weighted by atomic mass is 9.84. The number of hydrogen-bond donors (Lipinski definition) is 2. The zero-order chi connectivity index (χ0) is 7.56. The summed E-state index contributed by atoms with van der Waals surface area (Å²) in [6, 6.07) is 0.383. The largest absolute Gasteiger partial charge is 0.326 e. The molecule has 0 spiro atoms. The lowest BCUT2D eigenvalue weighted by molar-refractivity contribution is 0.253. The fourth-order valence-electron chi connectivity index (χ4n) is 1.73. The van der Waals surface area contributed by atoms with Crippen LogP contribution in [-0.2, 0) is 0 Å². The summed E-state index contributed by atoms with van der Waals surface area (Å²) in [5.74, 6) is 1.48. The molecule has 0 saturated carbocycles. The van der Waals surface area contributed by atoms with Gasteiger partial charge in [0.05, 0.1) is 0 Å². The lowest BCUT2D eigenvalue weighted by Gasteiger charge is -2.32. The fraction of sp³-hybridized carbons (Fsp3) is 1.00. The molecule has 0 bridgehead atoms. The molecule has 0 aromatic rings. The summed E-state index contributed by atoms with van der Waals surface area (Å²) in [6.45, 7) is 6.67. The van der Waals surface area contributed by atoms with Crippen LogP contribution in [0.1, 0.15) is 20.3 Å². The van der Waals surface area contributed by atoms with Crippen molar-refractivity contribution in [2.24, 2.45) is 17.6 Å². The Labute approximate surface area is 75.3 Å². The molecule has 1 rings (SSSR count). The first kappa shape index (κ1) is 11.2. The summed E-state index contributed by atoms with van der Waals surface area (Å²) in [6.07, 6.45) is 1.25. The van der Waals surface area contributed by atoms with Crippen LogP contribution in [0.25, 0.3) is 0 Å². The first-order valence-electron chi connectivity index (χ1n) is 4.18. The second-order valence-corrected chi connectivity index (χ2v) is 3.56. The molecule has 1 heterocycles. The minimum absolute atomic E-state index is 0. The Morgan fingerprint density at radius 3 is 2.45 bits per heavy atom. The van der Waals surface area contributed by atoms with Gasteiger partial charge in [-0.2, -0.15) is 0 Å². The van der Waals surface area contributed by atoms with Gasteiger partial charge in [-0.3, -0.25) is 0 Å². The van der Waals surface area contributed by atoms with Crippen molar-refractivity contribution in [3.63, 3.8) is 0 Å². The average Bonchev–Trinajstić information content (AvgIpc) is 1.88. The number of rotatable bonds is 1. The minimum Gasteiger partial charge on any atom is -0.326 e. The normalized spacial score (nSPS) is 31.6. The maximum atomic E-state index is 5.92. The molecular formula is C8H19ClN2. The van der Waals surface area contributed by atoms with E-state index in [0.29, 0.717) is 6.04 Å². The number of piperidine rings is 1. The molecule has 0 aliphatic carbocycles. The van der Waals surface area contributed by atoms with Gasteiger partial charge in [-0.05, 0) is 24.8 Å². The van der Waals surface area contributed by atoms with Gasteiger partial charge < -0.3 is 11.1 Å². The summed E-state index contributed by atoms with van der Waals surface area (Å²) >= 11 is 0. The van der Waals surface area contributed by atoms with Gasteiger partial charge in [-0.25, -0.2) is 0 Å². The highest BCUT2D eigenvalue weighted by atomic mass is 35.5. The van der Waals surface area contributed by atoms with Crippen molar-refractivity contribution in [1.29, 1.82) is 0 Å². The van der Waals surface area contributed by atoms with E-state index in [9.17, 15) is 0 Å². The second kappa shape index (κ2) is 4.96. The summed E-state index contributed by atoms with van der Waals surface area (Å²) in [4.78, 5) is 0. The summed E-state index contributed by atoms with van der Waals surface area (Å²) in [5.41, 5.74) is 5.92. The molecule has 0 radical (unpaired) electrons. The van der Waals surface area contributed by atoms with E-state index in [1.54, 1.807) is 0 Å². The number of nitrogens with two attached hydrogens (primary N) is 1.